The molecule has 2 N–H and O–H groups in total. The SMILES string of the molecule is Cn1nnnc1SCCCC(=O)S[C@@H]1[C@@H](CO[Si](C)(C)C(C)(C)C)C(=O)N1C(O)C(=O)O. The van der Waals surface area contributed by atoms with Gasteiger partial charge in [-0.15, -0.1) is 5.10 Å². The molecule has 1 amide bonds. The Hall–Kier alpha value is -1.48. The number of carbonyl (C=O) groups is 3. The van der Waals surface area contributed by atoms with Gasteiger partial charge in [-0.1, -0.05) is 44.3 Å². The third-order valence-electron chi connectivity index (χ3n) is 5.69. The minimum atomic E-state index is -2.14. The van der Waals surface area contributed by atoms with E-state index in [0.29, 0.717) is 17.3 Å². The minimum Gasteiger partial charge on any atom is -0.478 e. The molecule has 0 saturated carbocycles. The van der Waals surface area contributed by atoms with Crippen molar-refractivity contribution in [3.63, 3.8) is 0 Å². The van der Waals surface area contributed by atoms with Gasteiger partial charge in [0.1, 0.15) is 5.37 Å². The van der Waals surface area contributed by atoms with Crippen LogP contribution < -0.4 is 0 Å². The molecule has 0 bridgehead atoms. The smallest absolute Gasteiger partial charge is 0.354 e. The first kappa shape index (κ1) is 26.8. The standard InChI is InChI=1S/C18H31N5O6S2Si/c1-18(2,3)32(5,6)29-10-11-13(25)23(14(26)16(27)28)15(11)31-12(24)8-7-9-30-17-19-20-21-22(17)4/h11,14-15,26H,7-10H2,1-6H3,(H,27,28)/t11-,14?,15+/m0/s1. The number of carboxylic acid groups (broad SMARTS) is 1. The van der Waals surface area contributed by atoms with E-state index in [4.69, 9.17) is 9.53 Å². The number of nitrogens with zero attached hydrogens (tertiary/aromatic N) is 5. The van der Waals surface area contributed by atoms with Gasteiger partial charge in [0.15, 0.2) is 13.4 Å². The van der Waals surface area contributed by atoms with Gasteiger partial charge in [0.2, 0.25) is 17.3 Å². The molecule has 11 nitrogen and oxygen atoms in total. The highest BCUT2D eigenvalue weighted by Gasteiger charge is 2.54. The minimum absolute atomic E-state index is 0.0611. The van der Waals surface area contributed by atoms with Crippen molar-refractivity contribution in [2.75, 3.05) is 12.4 Å². The fraction of sp³-hybridized carbons (Fsp3) is 0.778. The first-order chi connectivity index (χ1) is 14.8. The van der Waals surface area contributed by atoms with Crippen molar-refractivity contribution in [2.45, 2.75) is 68.5 Å². The number of hydrogen-bond acceptors (Lipinski definition) is 10. The predicted molar refractivity (Wildman–Crippen MR) is 122 cm³/mol. The van der Waals surface area contributed by atoms with E-state index in [0.717, 1.165) is 16.7 Å². The molecule has 2 heterocycles. The molecular formula is C18H31N5O6S2Si. The fourth-order valence-corrected chi connectivity index (χ4v) is 5.70. The molecule has 1 aromatic heterocycles. The monoisotopic (exact) mass is 505 g/mol. The van der Waals surface area contributed by atoms with Crippen molar-refractivity contribution < 1.29 is 29.0 Å². The lowest BCUT2D eigenvalue weighted by molar-refractivity contribution is -0.182. The molecule has 1 aliphatic rings. The molecule has 1 fully saturated rings. The number of aliphatic hydroxyl groups excluding tert-OH is 1. The van der Waals surface area contributed by atoms with Gasteiger partial charge in [-0.25, -0.2) is 9.48 Å². The molecular weight excluding hydrogens is 474 g/mol. The number of β-lactam (4-membered cyclic amide) rings is 1. The van der Waals surface area contributed by atoms with Crippen molar-refractivity contribution in [1.29, 1.82) is 0 Å². The van der Waals surface area contributed by atoms with Crippen LogP contribution in [0.2, 0.25) is 18.1 Å². The number of aliphatic carboxylic acids is 1. The molecule has 1 saturated heterocycles. The van der Waals surface area contributed by atoms with Gasteiger partial charge < -0.3 is 14.6 Å². The number of aliphatic hydroxyl groups is 1. The number of likely N-dealkylation sites (tertiary alicyclic amines) is 1. The molecule has 0 aliphatic carbocycles. The summed E-state index contributed by atoms with van der Waals surface area (Å²) in [5.41, 5.74) is 0. The summed E-state index contributed by atoms with van der Waals surface area (Å²) < 4.78 is 7.67. The van der Waals surface area contributed by atoms with E-state index < -0.39 is 37.7 Å². The number of thioether (sulfide) groups is 2. The molecule has 0 aromatic carbocycles. The zero-order valence-electron chi connectivity index (χ0n) is 19.1. The van der Waals surface area contributed by atoms with Gasteiger partial charge in [0.05, 0.1) is 5.92 Å². The fourth-order valence-electron chi connectivity index (χ4n) is 2.65. The highest BCUT2D eigenvalue weighted by Crippen LogP contribution is 2.41. The van der Waals surface area contributed by atoms with Crippen LogP contribution in [0.25, 0.3) is 0 Å². The van der Waals surface area contributed by atoms with Gasteiger partial charge in [-0.05, 0) is 35.0 Å². The van der Waals surface area contributed by atoms with Crippen LogP contribution >= 0.6 is 23.5 Å². The maximum Gasteiger partial charge on any atom is 0.354 e. The molecule has 0 spiro atoms. The summed E-state index contributed by atoms with van der Waals surface area (Å²) in [5.74, 6) is -2.10. The predicted octanol–water partition coefficient (Wildman–Crippen LogP) is 1.55. The Balaban J connectivity index is 1.95. The first-order valence-corrected chi connectivity index (χ1v) is 15.0. The lowest BCUT2D eigenvalue weighted by atomic mass is 9.99. The van der Waals surface area contributed by atoms with Gasteiger partial charge >= 0.3 is 5.97 Å². The quantitative estimate of drug-likeness (QED) is 0.195. The highest BCUT2D eigenvalue weighted by molar-refractivity contribution is 8.14. The molecule has 180 valence electrons. The van der Waals surface area contributed by atoms with Crippen molar-refractivity contribution in [1.82, 2.24) is 25.1 Å². The van der Waals surface area contributed by atoms with Crippen molar-refractivity contribution in [2.24, 2.45) is 13.0 Å². The Labute approximate surface area is 196 Å². The maximum absolute atomic E-state index is 12.6. The van der Waals surface area contributed by atoms with Gasteiger partial charge in [0.25, 0.3) is 0 Å². The lowest BCUT2D eigenvalue weighted by Crippen LogP contribution is -2.66. The maximum atomic E-state index is 12.6. The van der Waals surface area contributed by atoms with Crippen LogP contribution in [0, 0.1) is 5.92 Å². The Kier molecular flexibility index (Phi) is 8.89. The summed E-state index contributed by atoms with van der Waals surface area (Å²) in [6.07, 6.45) is -1.19. The molecule has 3 atom stereocenters. The van der Waals surface area contributed by atoms with Gasteiger partial charge in [0, 0.05) is 25.8 Å². The van der Waals surface area contributed by atoms with E-state index >= 15 is 0 Å². The summed E-state index contributed by atoms with van der Waals surface area (Å²) >= 11 is 2.31. The van der Waals surface area contributed by atoms with Crippen molar-refractivity contribution in [3.05, 3.63) is 0 Å². The highest BCUT2D eigenvalue weighted by atomic mass is 32.2. The van der Waals surface area contributed by atoms with E-state index in [-0.39, 0.29) is 23.2 Å². The third-order valence-corrected chi connectivity index (χ3v) is 12.6. The number of hydrogen-bond donors (Lipinski definition) is 2. The van der Waals surface area contributed by atoms with E-state index in [2.05, 4.69) is 49.4 Å². The van der Waals surface area contributed by atoms with Crippen LogP contribution in [0.5, 0.6) is 0 Å². The van der Waals surface area contributed by atoms with Crippen LogP contribution in [0.4, 0.5) is 0 Å². The van der Waals surface area contributed by atoms with Crippen LogP contribution in [0.3, 0.4) is 0 Å². The Bertz CT molecular complexity index is 846. The van der Waals surface area contributed by atoms with E-state index in [9.17, 15) is 19.5 Å². The topological polar surface area (TPSA) is 148 Å². The summed E-state index contributed by atoms with van der Waals surface area (Å²) in [6, 6.07) is 0. The van der Waals surface area contributed by atoms with E-state index in [1.807, 2.05) is 0 Å². The van der Waals surface area contributed by atoms with Gasteiger partial charge in [-0.3, -0.25) is 14.5 Å². The molecule has 14 heteroatoms. The number of aromatic nitrogens is 4. The normalized spacial score (nSPS) is 20.2. The first-order valence-electron chi connectivity index (χ1n) is 10.2. The Morgan fingerprint density at radius 3 is 2.50 bits per heavy atom. The number of tetrazole rings is 1. The van der Waals surface area contributed by atoms with Crippen LogP contribution in [0.1, 0.15) is 33.6 Å². The number of rotatable bonds is 11. The molecule has 0 radical (unpaired) electrons. The Morgan fingerprint density at radius 2 is 1.97 bits per heavy atom. The summed E-state index contributed by atoms with van der Waals surface area (Å²) in [6.45, 7) is 10.4. The molecule has 1 unspecified atom stereocenters. The van der Waals surface area contributed by atoms with Crippen LogP contribution in [0.15, 0.2) is 5.16 Å². The Morgan fingerprint density at radius 1 is 1.31 bits per heavy atom. The van der Waals surface area contributed by atoms with Crippen molar-refractivity contribution in [3.8, 4) is 0 Å². The zero-order chi connectivity index (χ0) is 24.3. The number of carboxylic acids is 1. The van der Waals surface area contributed by atoms with Crippen molar-refractivity contribution >= 4 is 48.8 Å². The average molecular weight is 506 g/mol. The second-order valence-corrected chi connectivity index (χ2v) is 16.1. The largest absolute Gasteiger partial charge is 0.478 e. The third kappa shape index (κ3) is 6.31. The van der Waals surface area contributed by atoms with Crippen LogP contribution in [-0.2, 0) is 25.9 Å². The summed E-state index contributed by atoms with van der Waals surface area (Å²) in [4.78, 5) is 37.2. The van der Waals surface area contributed by atoms with E-state index in [1.54, 1.807) is 11.7 Å². The number of amides is 1. The van der Waals surface area contributed by atoms with Gasteiger partial charge in [-0.2, -0.15) is 0 Å². The lowest BCUT2D eigenvalue weighted by Gasteiger charge is -2.48. The average Bonchev–Trinajstić information content (AvgIpc) is 3.08. The van der Waals surface area contributed by atoms with E-state index in [1.165, 1.54) is 11.8 Å². The number of aryl methyl sites for hydroxylation is 1. The second kappa shape index (κ2) is 10.6. The second-order valence-electron chi connectivity index (χ2n) is 9.05. The summed E-state index contributed by atoms with van der Waals surface area (Å²) in [7, 11) is -0.414. The van der Waals surface area contributed by atoms with Crippen LogP contribution in [-0.4, -0.2) is 84.6 Å². The molecule has 32 heavy (non-hydrogen) atoms. The zero-order valence-corrected chi connectivity index (χ0v) is 21.8. The molecule has 2 rings (SSSR count). The molecule has 1 aliphatic heterocycles. The molecule has 1 aromatic rings. The number of carbonyl (C=O) groups excluding carboxylic acids is 2. The summed E-state index contributed by atoms with van der Waals surface area (Å²) in [5, 5.41) is 29.9.